The SMILES string of the molecule is CCCCOC(CC)N(C)C. The van der Waals surface area contributed by atoms with Crippen LogP contribution in [-0.4, -0.2) is 31.8 Å². The van der Waals surface area contributed by atoms with E-state index in [2.05, 4.69) is 32.8 Å². The Hall–Kier alpha value is -0.0800. The maximum atomic E-state index is 5.62. The van der Waals surface area contributed by atoms with Gasteiger partial charge in [-0.25, -0.2) is 0 Å². The van der Waals surface area contributed by atoms with Crippen molar-refractivity contribution in [3.63, 3.8) is 0 Å². The number of ether oxygens (including phenoxy) is 1. The predicted octanol–water partition coefficient (Wildman–Crippen LogP) is 2.10. The van der Waals surface area contributed by atoms with Gasteiger partial charge in [-0.05, 0) is 26.9 Å². The third-order valence-corrected chi connectivity index (χ3v) is 1.73. The summed E-state index contributed by atoms with van der Waals surface area (Å²) >= 11 is 0. The van der Waals surface area contributed by atoms with Gasteiger partial charge in [-0.1, -0.05) is 20.3 Å². The molecule has 0 aliphatic carbocycles. The Kier molecular flexibility index (Phi) is 6.57. The molecule has 0 radical (unpaired) electrons. The second kappa shape index (κ2) is 6.62. The molecule has 0 fully saturated rings. The normalized spacial score (nSPS) is 13.9. The van der Waals surface area contributed by atoms with Crippen LogP contribution < -0.4 is 0 Å². The fourth-order valence-corrected chi connectivity index (χ4v) is 0.996. The zero-order chi connectivity index (χ0) is 8.69. The molecular formula is C9H21NO. The van der Waals surface area contributed by atoms with Crippen molar-refractivity contribution in [2.75, 3.05) is 20.7 Å². The van der Waals surface area contributed by atoms with Crippen molar-refractivity contribution in [2.24, 2.45) is 0 Å². The van der Waals surface area contributed by atoms with Crippen LogP contribution in [-0.2, 0) is 4.74 Å². The van der Waals surface area contributed by atoms with Crippen molar-refractivity contribution in [1.82, 2.24) is 4.90 Å². The lowest BCUT2D eigenvalue weighted by Gasteiger charge is -2.22. The zero-order valence-electron chi connectivity index (χ0n) is 8.26. The topological polar surface area (TPSA) is 12.5 Å². The molecular weight excluding hydrogens is 138 g/mol. The number of rotatable bonds is 6. The Labute approximate surface area is 70.5 Å². The second-order valence-corrected chi connectivity index (χ2v) is 3.05. The predicted molar refractivity (Wildman–Crippen MR) is 48.6 cm³/mol. The van der Waals surface area contributed by atoms with Crippen molar-refractivity contribution < 1.29 is 4.74 Å². The molecule has 0 heterocycles. The number of hydrogen-bond donors (Lipinski definition) is 0. The van der Waals surface area contributed by atoms with Crippen LogP contribution in [0.1, 0.15) is 33.1 Å². The van der Waals surface area contributed by atoms with Gasteiger partial charge in [-0.15, -0.1) is 0 Å². The van der Waals surface area contributed by atoms with Gasteiger partial charge in [0.05, 0.1) is 0 Å². The van der Waals surface area contributed by atoms with E-state index in [0.717, 1.165) is 13.0 Å². The van der Waals surface area contributed by atoms with Gasteiger partial charge >= 0.3 is 0 Å². The van der Waals surface area contributed by atoms with Crippen molar-refractivity contribution >= 4 is 0 Å². The fourth-order valence-electron chi connectivity index (χ4n) is 0.996. The van der Waals surface area contributed by atoms with Crippen molar-refractivity contribution in [3.05, 3.63) is 0 Å². The monoisotopic (exact) mass is 159 g/mol. The molecule has 0 saturated carbocycles. The Bertz CT molecular complexity index is 83.6. The number of unbranched alkanes of at least 4 members (excludes halogenated alkanes) is 1. The van der Waals surface area contributed by atoms with Crippen molar-refractivity contribution in [2.45, 2.75) is 39.3 Å². The molecule has 1 unspecified atom stereocenters. The first-order valence-electron chi connectivity index (χ1n) is 4.50. The minimum atomic E-state index is 0.307. The number of hydrogen-bond acceptors (Lipinski definition) is 2. The van der Waals surface area contributed by atoms with Gasteiger partial charge in [0.15, 0.2) is 0 Å². The Morgan fingerprint density at radius 2 is 1.91 bits per heavy atom. The number of nitrogens with zero attached hydrogens (tertiary/aromatic N) is 1. The lowest BCUT2D eigenvalue weighted by molar-refractivity contribution is -0.0387. The summed E-state index contributed by atoms with van der Waals surface area (Å²) in [4.78, 5) is 2.12. The fraction of sp³-hybridized carbons (Fsp3) is 1.00. The molecule has 0 spiro atoms. The molecule has 0 saturated heterocycles. The van der Waals surface area contributed by atoms with E-state index < -0.39 is 0 Å². The summed E-state index contributed by atoms with van der Waals surface area (Å²) < 4.78 is 5.62. The molecule has 68 valence electrons. The third-order valence-electron chi connectivity index (χ3n) is 1.73. The highest BCUT2D eigenvalue weighted by molar-refractivity contribution is 4.50. The van der Waals surface area contributed by atoms with Crippen LogP contribution in [0.3, 0.4) is 0 Å². The maximum absolute atomic E-state index is 5.62. The summed E-state index contributed by atoms with van der Waals surface area (Å²) in [6, 6.07) is 0. The molecule has 0 amide bonds. The first kappa shape index (κ1) is 10.9. The van der Waals surface area contributed by atoms with Crippen molar-refractivity contribution in [3.8, 4) is 0 Å². The van der Waals surface area contributed by atoms with E-state index >= 15 is 0 Å². The van der Waals surface area contributed by atoms with Crippen molar-refractivity contribution in [1.29, 1.82) is 0 Å². The molecule has 0 bridgehead atoms. The van der Waals surface area contributed by atoms with Crippen LogP contribution in [0, 0.1) is 0 Å². The third kappa shape index (κ3) is 5.22. The highest BCUT2D eigenvalue weighted by Crippen LogP contribution is 2.02. The van der Waals surface area contributed by atoms with Gasteiger partial charge in [0, 0.05) is 6.61 Å². The standard InChI is InChI=1S/C9H21NO/c1-5-7-8-11-9(6-2)10(3)4/h9H,5-8H2,1-4H3. The van der Waals surface area contributed by atoms with Crippen LogP contribution in [0.5, 0.6) is 0 Å². The Balaban J connectivity index is 3.36. The van der Waals surface area contributed by atoms with Crippen LogP contribution in [0.15, 0.2) is 0 Å². The molecule has 0 aromatic carbocycles. The first-order valence-corrected chi connectivity index (χ1v) is 4.50. The first-order chi connectivity index (χ1) is 5.22. The molecule has 1 atom stereocenters. The van der Waals surface area contributed by atoms with Crippen LogP contribution >= 0.6 is 0 Å². The molecule has 0 aromatic rings. The van der Waals surface area contributed by atoms with Crippen LogP contribution in [0.25, 0.3) is 0 Å². The van der Waals surface area contributed by atoms with E-state index in [1.165, 1.54) is 12.8 Å². The minimum Gasteiger partial charge on any atom is -0.363 e. The summed E-state index contributed by atoms with van der Waals surface area (Å²) in [6.07, 6.45) is 3.76. The van der Waals surface area contributed by atoms with Gasteiger partial charge in [0.1, 0.15) is 6.23 Å². The summed E-state index contributed by atoms with van der Waals surface area (Å²) in [5.74, 6) is 0. The van der Waals surface area contributed by atoms with E-state index in [-0.39, 0.29) is 0 Å². The molecule has 0 aliphatic rings. The summed E-state index contributed by atoms with van der Waals surface area (Å²) in [5, 5.41) is 0. The Morgan fingerprint density at radius 3 is 2.27 bits per heavy atom. The van der Waals surface area contributed by atoms with E-state index in [1.807, 2.05) is 0 Å². The van der Waals surface area contributed by atoms with E-state index in [9.17, 15) is 0 Å². The molecule has 0 aliphatic heterocycles. The minimum absolute atomic E-state index is 0.307. The molecule has 0 rings (SSSR count). The zero-order valence-corrected chi connectivity index (χ0v) is 8.26. The molecule has 0 N–H and O–H groups in total. The van der Waals surface area contributed by atoms with Gasteiger partial charge in [-0.2, -0.15) is 0 Å². The average molecular weight is 159 g/mol. The highest BCUT2D eigenvalue weighted by atomic mass is 16.5. The van der Waals surface area contributed by atoms with E-state index in [4.69, 9.17) is 4.74 Å². The van der Waals surface area contributed by atoms with Crippen LogP contribution in [0.4, 0.5) is 0 Å². The second-order valence-electron chi connectivity index (χ2n) is 3.05. The maximum Gasteiger partial charge on any atom is 0.109 e. The largest absolute Gasteiger partial charge is 0.363 e. The summed E-state index contributed by atoms with van der Waals surface area (Å²) in [6.45, 7) is 5.23. The molecule has 0 aromatic heterocycles. The van der Waals surface area contributed by atoms with Gasteiger partial charge in [0.25, 0.3) is 0 Å². The molecule has 11 heavy (non-hydrogen) atoms. The highest BCUT2D eigenvalue weighted by Gasteiger charge is 2.06. The smallest absolute Gasteiger partial charge is 0.109 e. The Morgan fingerprint density at radius 1 is 1.27 bits per heavy atom. The van der Waals surface area contributed by atoms with E-state index in [0.29, 0.717) is 6.23 Å². The summed E-state index contributed by atoms with van der Waals surface area (Å²) in [7, 11) is 4.11. The molecule has 2 heteroatoms. The van der Waals surface area contributed by atoms with Gasteiger partial charge in [-0.3, -0.25) is 4.90 Å². The van der Waals surface area contributed by atoms with Gasteiger partial charge in [0.2, 0.25) is 0 Å². The average Bonchev–Trinajstić information content (AvgIpc) is 1.97. The van der Waals surface area contributed by atoms with Gasteiger partial charge < -0.3 is 4.74 Å². The van der Waals surface area contributed by atoms with Crippen LogP contribution in [0.2, 0.25) is 0 Å². The quantitative estimate of drug-likeness (QED) is 0.434. The lowest BCUT2D eigenvalue weighted by Crippen LogP contribution is -2.30. The summed E-state index contributed by atoms with van der Waals surface area (Å²) in [5.41, 5.74) is 0. The van der Waals surface area contributed by atoms with E-state index in [1.54, 1.807) is 0 Å². The molecule has 2 nitrogen and oxygen atoms in total. The lowest BCUT2D eigenvalue weighted by atomic mass is 10.3.